The van der Waals surface area contributed by atoms with E-state index >= 15 is 0 Å². The first-order chi connectivity index (χ1) is 19.7. The van der Waals surface area contributed by atoms with Gasteiger partial charge < -0.3 is 19.1 Å². The molecule has 4 rings (SSSR count). The van der Waals surface area contributed by atoms with E-state index in [0.29, 0.717) is 67.5 Å². The Balaban J connectivity index is 1.75. The lowest BCUT2D eigenvalue weighted by Gasteiger charge is -2.38. The Morgan fingerprint density at radius 2 is 1.76 bits per heavy atom. The van der Waals surface area contributed by atoms with Gasteiger partial charge in [-0.2, -0.15) is 0 Å². The van der Waals surface area contributed by atoms with Gasteiger partial charge in [-0.25, -0.2) is 0 Å². The van der Waals surface area contributed by atoms with Gasteiger partial charge in [0.05, 0.1) is 19.1 Å². The van der Waals surface area contributed by atoms with Gasteiger partial charge in [-0.15, -0.1) is 0 Å². The van der Waals surface area contributed by atoms with Crippen molar-refractivity contribution in [3.05, 3.63) is 65.0 Å². The summed E-state index contributed by atoms with van der Waals surface area (Å²) < 4.78 is 16.4. The van der Waals surface area contributed by atoms with E-state index in [0.717, 1.165) is 18.5 Å². The topological polar surface area (TPSA) is 99.2 Å². The first kappa shape index (κ1) is 30.4. The molecule has 1 heterocycles. The van der Waals surface area contributed by atoms with Crippen LogP contribution in [0.5, 0.6) is 0 Å². The van der Waals surface area contributed by atoms with E-state index in [1.165, 1.54) is 14.0 Å². The summed E-state index contributed by atoms with van der Waals surface area (Å²) in [4.78, 5) is 55.2. The van der Waals surface area contributed by atoms with Crippen molar-refractivity contribution in [1.29, 1.82) is 0 Å². The third kappa shape index (κ3) is 6.87. The number of hydrogen-bond acceptors (Lipinski definition) is 8. The van der Waals surface area contributed by atoms with Crippen LogP contribution < -0.4 is 0 Å². The summed E-state index contributed by atoms with van der Waals surface area (Å²) in [6.07, 6.45) is 9.10. The van der Waals surface area contributed by atoms with Crippen molar-refractivity contribution in [2.45, 2.75) is 83.8 Å². The van der Waals surface area contributed by atoms with Crippen LogP contribution in [0.25, 0.3) is 5.57 Å². The van der Waals surface area contributed by atoms with Gasteiger partial charge >= 0.3 is 11.9 Å². The Labute approximate surface area is 242 Å². The molecule has 0 bridgehead atoms. The van der Waals surface area contributed by atoms with Crippen LogP contribution in [0.1, 0.15) is 77.7 Å². The first-order valence-corrected chi connectivity index (χ1v) is 14.7. The summed E-state index contributed by atoms with van der Waals surface area (Å²) in [6, 6.07) is 9.19. The molecule has 1 aliphatic heterocycles. The number of benzene rings is 1. The molecule has 0 spiro atoms. The highest BCUT2D eigenvalue weighted by molar-refractivity contribution is 6.40. The Morgan fingerprint density at radius 1 is 1.05 bits per heavy atom. The van der Waals surface area contributed by atoms with Crippen LogP contribution in [0.4, 0.5) is 0 Å². The maximum Gasteiger partial charge on any atom is 0.310 e. The number of nitrogens with zero attached hydrogens (tertiary/aromatic N) is 1. The summed E-state index contributed by atoms with van der Waals surface area (Å²) in [7, 11) is 1.37. The number of esters is 2. The Kier molecular flexibility index (Phi) is 9.97. The van der Waals surface area contributed by atoms with Crippen molar-refractivity contribution < 1.29 is 33.4 Å². The van der Waals surface area contributed by atoms with Crippen molar-refractivity contribution >= 4 is 29.1 Å². The average Bonchev–Trinajstić information content (AvgIpc) is 3.51. The van der Waals surface area contributed by atoms with Gasteiger partial charge in [0.15, 0.2) is 0 Å². The highest BCUT2D eigenvalue weighted by atomic mass is 16.6. The largest absolute Gasteiger partial charge is 0.469 e. The van der Waals surface area contributed by atoms with E-state index in [2.05, 4.69) is 0 Å². The normalized spacial score (nSPS) is 21.1. The Hall–Kier alpha value is -3.52. The Morgan fingerprint density at radius 3 is 2.41 bits per heavy atom. The third-order valence-electron chi connectivity index (χ3n) is 7.95. The number of ketones is 2. The summed E-state index contributed by atoms with van der Waals surface area (Å²) in [6.45, 7) is 6.52. The quantitative estimate of drug-likeness (QED) is 0.191. The molecule has 0 amide bonds. The van der Waals surface area contributed by atoms with Crippen LogP contribution in [0.3, 0.4) is 0 Å². The van der Waals surface area contributed by atoms with Crippen molar-refractivity contribution in [2.24, 2.45) is 5.92 Å². The number of fused-ring (bicyclic) bond motifs is 1. The Bertz CT molecular complexity index is 1250. The van der Waals surface area contributed by atoms with Gasteiger partial charge in [-0.05, 0) is 64.5 Å². The molecule has 0 N–H and O–H groups in total. The minimum Gasteiger partial charge on any atom is -0.469 e. The van der Waals surface area contributed by atoms with Crippen LogP contribution in [-0.4, -0.2) is 60.4 Å². The van der Waals surface area contributed by atoms with Crippen LogP contribution in [-0.2, 0) is 33.4 Å². The highest BCUT2D eigenvalue weighted by Crippen LogP contribution is 2.43. The molecule has 1 fully saturated rings. The van der Waals surface area contributed by atoms with E-state index in [4.69, 9.17) is 14.2 Å². The van der Waals surface area contributed by atoms with Crippen molar-refractivity contribution in [3.8, 4) is 0 Å². The zero-order valence-electron chi connectivity index (χ0n) is 24.6. The molecule has 2 aliphatic carbocycles. The van der Waals surface area contributed by atoms with Crippen molar-refractivity contribution in [3.63, 3.8) is 0 Å². The van der Waals surface area contributed by atoms with Crippen molar-refractivity contribution in [1.82, 2.24) is 4.90 Å². The number of Topliss-reactive ketones (excluding diaryl/α,β-unsaturated/α-hetero) is 2. The van der Waals surface area contributed by atoms with Crippen LogP contribution in [0.15, 0.2) is 59.5 Å². The first-order valence-electron chi connectivity index (χ1n) is 14.7. The molecule has 1 aromatic rings. The summed E-state index contributed by atoms with van der Waals surface area (Å²) in [5.74, 6) is -2.10. The molecule has 8 heteroatoms. The smallest absolute Gasteiger partial charge is 0.310 e. The lowest BCUT2D eigenvalue weighted by atomic mass is 9.73. The fraction of sp³-hybridized carbons (Fsp3) is 0.515. The number of hydrogen-bond donors (Lipinski definition) is 0. The van der Waals surface area contributed by atoms with E-state index in [1.54, 1.807) is 6.20 Å². The molecule has 0 saturated heterocycles. The van der Waals surface area contributed by atoms with Crippen LogP contribution in [0, 0.1) is 5.92 Å². The second-order valence-corrected chi connectivity index (χ2v) is 11.3. The molecular weight excluding hydrogens is 522 g/mol. The van der Waals surface area contributed by atoms with Gasteiger partial charge in [-0.3, -0.25) is 19.2 Å². The second-order valence-electron chi connectivity index (χ2n) is 11.3. The van der Waals surface area contributed by atoms with Gasteiger partial charge in [0, 0.05) is 48.2 Å². The molecule has 3 aliphatic rings. The number of rotatable bonds is 12. The number of carbonyl (C=O) groups excluding carboxylic acids is 4. The minimum absolute atomic E-state index is 0.106. The van der Waals surface area contributed by atoms with Gasteiger partial charge in [0.25, 0.3) is 0 Å². The standard InChI is InChI=1S/C33H41NO7/c1-22(2)40-19-11-18-34-21-27-26(20-25(34)16-10-17-28(35)39-4)29(23-12-6-5-7-13-23)31(37)33(3,30(27)36)41-32(38)24-14-8-9-15-24/h5-7,12-13,20-22,24H,8-11,14-19H2,1-4H3. The molecule has 220 valence electrons. The summed E-state index contributed by atoms with van der Waals surface area (Å²) >= 11 is 0. The molecule has 1 atom stereocenters. The fourth-order valence-electron chi connectivity index (χ4n) is 5.67. The zero-order chi connectivity index (χ0) is 29.6. The van der Waals surface area contributed by atoms with Crippen LogP contribution in [0.2, 0.25) is 0 Å². The molecular formula is C33H41NO7. The molecule has 0 radical (unpaired) electrons. The third-order valence-corrected chi connectivity index (χ3v) is 7.95. The van der Waals surface area contributed by atoms with E-state index in [1.807, 2.05) is 55.2 Å². The van der Waals surface area contributed by atoms with E-state index in [-0.39, 0.29) is 24.4 Å². The molecule has 41 heavy (non-hydrogen) atoms. The maximum absolute atomic E-state index is 14.2. The monoisotopic (exact) mass is 563 g/mol. The number of allylic oxidation sites excluding steroid dienone is 3. The minimum atomic E-state index is -1.96. The molecule has 1 saturated carbocycles. The van der Waals surface area contributed by atoms with Gasteiger partial charge in [-0.1, -0.05) is 43.2 Å². The number of ether oxygens (including phenoxy) is 3. The average molecular weight is 564 g/mol. The summed E-state index contributed by atoms with van der Waals surface area (Å²) in [5.41, 5.74) is 0.792. The molecule has 1 aromatic carbocycles. The van der Waals surface area contributed by atoms with Crippen LogP contribution >= 0.6 is 0 Å². The maximum atomic E-state index is 14.2. The van der Waals surface area contributed by atoms with Gasteiger partial charge in [0.1, 0.15) is 0 Å². The summed E-state index contributed by atoms with van der Waals surface area (Å²) in [5, 5.41) is 0. The highest BCUT2D eigenvalue weighted by Gasteiger charge is 2.53. The SMILES string of the molecule is COC(=O)CCCC1=CC2=C(c3ccccc3)C(=O)C(C)(OC(=O)C3CCCC3)C(=O)C2=CN1CCCOC(C)C. The number of carbonyl (C=O) groups is 4. The predicted molar refractivity (Wildman–Crippen MR) is 154 cm³/mol. The second kappa shape index (κ2) is 13.4. The number of methoxy groups -OCH3 is 1. The molecule has 1 unspecified atom stereocenters. The van der Waals surface area contributed by atoms with E-state index in [9.17, 15) is 19.2 Å². The van der Waals surface area contributed by atoms with E-state index < -0.39 is 23.1 Å². The van der Waals surface area contributed by atoms with Gasteiger partial charge in [0.2, 0.25) is 17.2 Å². The lowest BCUT2D eigenvalue weighted by Crippen LogP contribution is -2.53. The lowest BCUT2D eigenvalue weighted by molar-refractivity contribution is -0.171. The zero-order valence-corrected chi connectivity index (χ0v) is 24.6. The molecule has 0 aromatic heterocycles. The van der Waals surface area contributed by atoms with Crippen molar-refractivity contribution in [2.75, 3.05) is 20.3 Å². The molecule has 8 nitrogen and oxygen atoms in total. The fourth-order valence-corrected chi connectivity index (χ4v) is 5.67. The predicted octanol–water partition coefficient (Wildman–Crippen LogP) is 5.33.